The van der Waals surface area contributed by atoms with Crippen LogP contribution in [0.5, 0.6) is 0 Å². The van der Waals surface area contributed by atoms with Gasteiger partial charge in [-0.25, -0.2) is 13.8 Å². The number of alkyl halides is 2. The zero-order valence-corrected chi connectivity index (χ0v) is 26.2. The second-order valence-electron chi connectivity index (χ2n) is 12.8. The quantitative estimate of drug-likeness (QED) is 0.223. The first-order valence-corrected chi connectivity index (χ1v) is 16.1. The molecule has 238 valence electrons. The van der Waals surface area contributed by atoms with Crippen LogP contribution in [-0.4, -0.2) is 42.8 Å². The van der Waals surface area contributed by atoms with Gasteiger partial charge in [0, 0.05) is 29.1 Å². The van der Waals surface area contributed by atoms with Crippen LogP contribution in [0.15, 0.2) is 24.4 Å². The van der Waals surface area contributed by atoms with Gasteiger partial charge in [0.1, 0.15) is 23.2 Å². The summed E-state index contributed by atoms with van der Waals surface area (Å²) in [4.78, 5) is 32.3. The van der Waals surface area contributed by atoms with Gasteiger partial charge in [-0.2, -0.15) is 10.2 Å². The van der Waals surface area contributed by atoms with Gasteiger partial charge in [0.15, 0.2) is 0 Å². The lowest BCUT2D eigenvalue weighted by Crippen LogP contribution is -2.53. The second-order valence-corrected chi connectivity index (χ2v) is 12.8. The normalized spacial score (nSPS) is 17.4. The monoisotopic (exact) mass is 609 g/mol. The number of amides is 2. The van der Waals surface area contributed by atoms with Crippen LogP contribution in [0.4, 0.5) is 14.6 Å². The molecule has 5 rings (SSSR count). The molecular weight excluding hydrogens is 564 g/mol. The molecule has 2 fully saturated rings. The lowest BCUT2D eigenvalue weighted by Gasteiger charge is -2.42. The number of carbonyl (C=O) groups is 2. The first-order chi connectivity index (χ1) is 21.2. The summed E-state index contributed by atoms with van der Waals surface area (Å²) in [6, 6.07) is 3.88. The Kier molecular flexibility index (Phi) is 10.1. The maximum absolute atomic E-state index is 14.3. The number of nitrogens with one attached hydrogen (secondary N) is 3. The molecule has 0 bridgehead atoms. The van der Waals surface area contributed by atoms with Crippen LogP contribution in [-0.2, 0) is 4.79 Å². The Labute approximate surface area is 258 Å². The SMILES string of the molecule is Cc1n[nH]c(C)c1-c1ccc(NC(=O)C(NC(=O)c2ccnn2C(C)C)C(C2CCCCC2)C2CCCCC2)nc1C(F)F. The van der Waals surface area contributed by atoms with Crippen molar-refractivity contribution in [1.29, 1.82) is 0 Å². The van der Waals surface area contributed by atoms with Gasteiger partial charge < -0.3 is 10.6 Å². The van der Waals surface area contributed by atoms with Gasteiger partial charge in [0.25, 0.3) is 12.3 Å². The van der Waals surface area contributed by atoms with E-state index in [1.54, 1.807) is 42.9 Å². The minimum absolute atomic E-state index is 0.0327. The highest BCUT2D eigenvalue weighted by atomic mass is 19.3. The van der Waals surface area contributed by atoms with E-state index < -0.39 is 24.1 Å². The predicted molar refractivity (Wildman–Crippen MR) is 165 cm³/mol. The van der Waals surface area contributed by atoms with E-state index in [-0.39, 0.29) is 41.1 Å². The highest BCUT2D eigenvalue weighted by molar-refractivity contribution is 6.00. The summed E-state index contributed by atoms with van der Waals surface area (Å²) in [7, 11) is 0. The number of rotatable bonds is 10. The Morgan fingerprint density at radius 1 is 0.955 bits per heavy atom. The van der Waals surface area contributed by atoms with E-state index in [0.717, 1.165) is 51.4 Å². The molecule has 2 aliphatic rings. The Hall–Kier alpha value is -3.63. The Morgan fingerprint density at radius 2 is 1.59 bits per heavy atom. The number of halogens is 2. The lowest BCUT2D eigenvalue weighted by atomic mass is 9.66. The molecule has 1 atom stereocenters. The molecule has 0 radical (unpaired) electrons. The zero-order valence-electron chi connectivity index (χ0n) is 26.2. The van der Waals surface area contributed by atoms with E-state index in [4.69, 9.17) is 0 Å². The topological polar surface area (TPSA) is 118 Å². The minimum atomic E-state index is -2.86. The summed E-state index contributed by atoms with van der Waals surface area (Å²) in [6.07, 6.45) is 9.52. The summed E-state index contributed by atoms with van der Waals surface area (Å²) in [5.41, 5.74) is 2.07. The molecule has 0 saturated heterocycles. The average Bonchev–Trinajstić information content (AvgIpc) is 3.64. The van der Waals surface area contributed by atoms with Gasteiger partial charge in [-0.1, -0.05) is 64.2 Å². The maximum Gasteiger partial charge on any atom is 0.281 e. The third kappa shape index (κ3) is 6.86. The number of aryl methyl sites for hydroxylation is 2. The van der Waals surface area contributed by atoms with Crippen molar-refractivity contribution < 1.29 is 18.4 Å². The lowest BCUT2D eigenvalue weighted by molar-refractivity contribution is -0.121. The fourth-order valence-corrected chi connectivity index (χ4v) is 7.50. The second kappa shape index (κ2) is 14.0. The van der Waals surface area contributed by atoms with Gasteiger partial charge in [0.05, 0.1) is 5.69 Å². The number of hydrogen-bond acceptors (Lipinski definition) is 5. The summed E-state index contributed by atoms with van der Waals surface area (Å²) in [5.74, 6) is -0.249. The minimum Gasteiger partial charge on any atom is -0.339 e. The van der Waals surface area contributed by atoms with Crippen molar-refractivity contribution in [3.63, 3.8) is 0 Å². The standard InChI is InChI=1S/C33H45F2N7O2/c1-19(2)42-25(17-18-36-42)32(43)39-30(28(22-11-7-5-8-12-22)23-13-9-6-10-14-23)33(44)38-26-16-15-24(29(37-26)31(34)35)27-20(3)40-41-21(27)4/h15-19,22-23,28,30-31H,5-14H2,1-4H3,(H,39,43)(H,40,41)(H,37,38,44). The van der Waals surface area contributed by atoms with Crippen molar-refractivity contribution >= 4 is 17.6 Å². The van der Waals surface area contributed by atoms with Gasteiger partial charge in [-0.15, -0.1) is 0 Å². The van der Waals surface area contributed by atoms with Crippen LogP contribution >= 0.6 is 0 Å². The highest BCUT2D eigenvalue weighted by Gasteiger charge is 2.41. The van der Waals surface area contributed by atoms with Crippen LogP contribution in [0.25, 0.3) is 11.1 Å². The first-order valence-electron chi connectivity index (χ1n) is 16.1. The summed E-state index contributed by atoms with van der Waals surface area (Å²) in [6.45, 7) is 7.42. The Bertz CT molecular complexity index is 1400. The van der Waals surface area contributed by atoms with Crippen LogP contribution in [0.3, 0.4) is 0 Å². The van der Waals surface area contributed by atoms with Gasteiger partial charge >= 0.3 is 0 Å². The molecule has 2 aliphatic carbocycles. The summed E-state index contributed by atoms with van der Waals surface area (Å²) in [5, 5.41) is 17.3. The van der Waals surface area contributed by atoms with E-state index in [1.807, 2.05) is 13.8 Å². The zero-order chi connectivity index (χ0) is 31.4. The van der Waals surface area contributed by atoms with Crippen molar-refractivity contribution in [3.05, 3.63) is 47.2 Å². The maximum atomic E-state index is 14.3. The third-order valence-electron chi connectivity index (χ3n) is 9.51. The first kappa shape index (κ1) is 31.8. The number of anilines is 1. The predicted octanol–water partition coefficient (Wildman–Crippen LogP) is 7.32. The number of aromatic amines is 1. The number of pyridine rings is 1. The molecule has 3 aromatic rings. The molecule has 3 N–H and O–H groups in total. The average molecular weight is 610 g/mol. The van der Waals surface area contributed by atoms with E-state index in [1.165, 1.54) is 12.8 Å². The van der Waals surface area contributed by atoms with Gasteiger partial charge in [-0.3, -0.25) is 19.4 Å². The number of hydrogen-bond donors (Lipinski definition) is 3. The van der Waals surface area contributed by atoms with E-state index >= 15 is 0 Å². The largest absolute Gasteiger partial charge is 0.339 e. The van der Waals surface area contributed by atoms with E-state index in [9.17, 15) is 18.4 Å². The number of H-pyrrole nitrogens is 1. The number of nitrogens with zero attached hydrogens (tertiary/aromatic N) is 4. The van der Waals surface area contributed by atoms with Gasteiger partial charge in [-0.05, 0) is 63.6 Å². The highest BCUT2D eigenvalue weighted by Crippen LogP contribution is 2.42. The summed E-state index contributed by atoms with van der Waals surface area (Å²) >= 11 is 0. The molecule has 3 aromatic heterocycles. The molecule has 2 saturated carbocycles. The Morgan fingerprint density at radius 3 is 2.14 bits per heavy atom. The molecule has 9 nitrogen and oxygen atoms in total. The smallest absolute Gasteiger partial charge is 0.281 e. The van der Waals surface area contributed by atoms with Crippen molar-refractivity contribution in [2.75, 3.05) is 5.32 Å². The van der Waals surface area contributed by atoms with Crippen molar-refractivity contribution in [1.82, 2.24) is 30.3 Å². The molecular formula is C33H45F2N7O2. The van der Waals surface area contributed by atoms with Gasteiger partial charge in [0.2, 0.25) is 5.91 Å². The molecule has 3 heterocycles. The third-order valence-corrected chi connectivity index (χ3v) is 9.51. The van der Waals surface area contributed by atoms with Crippen molar-refractivity contribution in [3.8, 4) is 11.1 Å². The molecule has 0 spiro atoms. The van der Waals surface area contributed by atoms with E-state index in [2.05, 4.69) is 30.9 Å². The number of carbonyl (C=O) groups excluding carboxylic acids is 2. The van der Waals surface area contributed by atoms with Crippen molar-refractivity contribution in [2.24, 2.45) is 17.8 Å². The van der Waals surface area contributed by atoms with Crippen molar-refractivity contribution in [2.45, 2.75) is 110 Å². The fourth-order valence-electron chi connectivity index (χ4n) is 7.50. The molecule has 0 aliphatic heterocycles. The molecule has 44 heavy (non-hydrogen) atoms. The van der Waals surface area contributed by atoms with Crippen LogP contribution in [0.2, 0.25) is 0 Å². The van der Waals surface area contributed by atoms with E-state index in [0.29, 0.717) is 22.6 Å². The fraction of sp³-hybridized carbons (Fsp3) is 0.606. The molecule has 2 amide bonds. The van der Waals surface area contributed by atoms with Crippen LogP contribution in [0, 0.1) is 31.6 Å². The van der Waals surface area contributed by atoms with Crippen LogP contribution in [0.1, 0.15) is 118 Å². The van der Waals surface area contributed by atoms with Crippen LogP contribution < -0.4 is 10.6 Å². The molecule has 11 heteroatoms. The molecule has 0 aromatic carbocycles. The summed E-state index contributed by atoms with van der Waals surface area (Å²) < 4.78 is 30.3. The molecule has 1 unspecified atom stereocenters. The Balaban J connectivity index is 1.50. The number of aromatic nitrogens is 5.